The SMILES string of the molecule is CCCCCN1C(=O)C(=O)/C(=C(\O)c2ccc(OCc3ccccc3)c(C)c2)C1c1ccc(OCC)cc1. The molecular formula is C32H35NO5. The Balaban J connectivity index is 1.68. The van der Waals surface area contributed by atoms with Crippen LogP contribution in [-0.4, -0.2) is 34.8 Å². The highest BCUT2D eigenvalue weighted by molar-refractivity contribution is 6.46. The van der Waals surface area contributed by atoms with Gasteiger partial charge in [-0.3, -0.25) is 9.59 Å². The van der Waals surface area contributed by atoms with E-state index in [0.29, 0.717) is 36.8 Å². The van der Waals surface area contributed by atoms with Crippen molar-refractivity contribution in [3.05, 3.63) is 101 Å². The third kappa shape index (κ3) is 5.91. The van der Waals surface area contributed by atoms with Crippen molar-refractivity contribution >= 4 is 17.4 Å². The first kappa shape index (κ1) is 27.0. The number of carbonyl (C=O) groups is 2. The summed E-state index contributed by atoms with van der Waals surface area (Å²) < 4.78 is 11.5. The van der Waals surface area contributed by atoms with E-state index < -0.39 is 17.7 Å². The Morgan fingerprint density at radius 3 is 2.32 bits per heavy atom. The number of Topliss-reactive ketones (excluding diaryl/α,β-unsaturated/α-hetero) is 1. The van der Waals surface area contributed by atoms with Gasteiger partial charge in [0.1, 0.15) is 23.9 Å². The second-order valence-electron chi connectivity index (χ2n) is 9.46. The van der Waals surface area contributed by atoms with Gasteiger partial charge in [-0.05, 0) is 67.3 Å². The maximum Gasteiger partial charge on any atom is 0.295 e. The second-order valence-corrected chi connectivity index (χ2v) is 9.46. The van der Waals surface area contributed by atoms with E-state index in [2.05, 4.69) is 6.92 Å². The molecule has 1 aliphatic heterocycles. The molecule has 4 rings (SSSR count). The molecule has 1 saturated heterocycles. The number of aliphatic hydroxyl groups excluding tert-OH is 1. The number of aliphatic hydroxyl groups is 1. The molecule has 1 heterocycles. The first-order valence-electron chi connectivity index (χ1n) is 13.2. The average molecular weight is 514 g/mol. The quantitative estimate of drug-likeness (QED) is 0.136. The fraction of sp³-hybridized carbons (Fsp3) is 0.312. The van der Waals surface area contributed by atoms with Gasteiger partial charge in [0.2, 0.25) is 0 Å². The standard InChI is InChI=1S/C32H35NO5/c1-4-6-10-19-33-29(24-13-16-26(17-14-24)37-5-2)28(31(35)32(33)36)30(34)25-15-18-27(22(3)20-25)38-21-23-11-8-7-9-12-23/h7-9,11-18,20,29,34H,4-6,10,19,21H2,1-3H3/b30-28-. The summed E-state index contributed by atoms with van der Waals surface area (Å²) in [6.45, 7) is 7.31. The lowest BCUT2D eigenvalue weighted by Crippen LogP contribution is -2.30. The molecule has 38 heavy (non-hydrogen) atoms. The number of nitrogens with zero attached hydrogens (tertiary/aromatic N) is 1. The number of hydrogen-bond donors (Lipinski definition) is 1. The number of unbranched alkanes of at least 4 members (excludes halogenated alkanes) is 2. The van der Waals surface area contributed by atoms with E-state index in [4.69, 9.17) is 9.47 Å². The summed E-state index contributed by atoms with van der Waals surface area (Å²) in [5.74, 6) is -0.0339. The Labute approximate surface area is 224 Å². The van der Waals surface area contributed by atoms with Crippen LogP contribution >= 0.6 is 0 Å². The molecule has 0 radical (unpaired) electrons. The van der Waals surface area contributed by atoms with Gasteiger partial charge in [-0.25, -0.2) is 0 Å². The number of hydrogen-bond acceptors (Lipinski definition) is 5. The summed E-state index contributed by atoms with van der Waals surface area (Å²) >= 11 is 0. The van der Waals surface area contributed by atoms with E-state index in [1.165, 1.54) is 0 Å². The highest BCUT2D eigenvalue weighted by Gasteiger charge is 2.45. The maximum atomic E-state index is 13.3. The fourth-order valence-corrected chi connectivity index (χ4v) is 4.75. The number of ether oxygens (including phenoxy) is 2. The van der Waals surface area contributed by atoms with Crippen molar-refractivity contribution in [2.24, 2.45) is 0 Å². The summed E-state index contributed by atoms with van der Waals surface area (Å²) in [4.78, 5) is 28.0. The largest absolute Gasteiger partial charge is 0.507 e. The molecule has 1 aliphatic rings. The van der Waals surface area contributed by atoms with Gasteiger partial charge in [0.15, 0.2) is 0 Å². The summed E-state index contributed by atoms with van der Waals surface area (Å²) in [7, 11) is 0. The molecule has 0 bridgehead atoms. The van der Waals surface area contributed by atoms with Crippen LogP contribution in [0.2, 0.25) is 0 Å². The predicted octanol–water partition coefficient (Wildman–Crippen LogP) is 6.58. The first-order valence-corrected chi connectivity index (χ1v) is 13.2. The number of ketones is 1. The second kappa shape index (κ2) is 12.5. The van der Waals surface area contributed by atoms with E-state index in [9.17, 15) is 14.7 Å². The van der Waals surface area contributed by atoms with Gasteiger partial charge < -0.3 is 19.5 Å². The van der Waals surface area contributed by atoms with Gasteiger partial charge in [-0.1, -0.05) is 62.2 Å². The zero-order valence-electron chi connectivity index (χ0n) is 22.3. The van der Waals surface area contributed by atoms with Crippen molar-refractivity contribution in [2.75, 3.05) is 13.2 Å². The predicted molar refractivity (Wildman–Crippen MR) is 148 cm³/mol. The molecule has 0 aromatic heterocycles. The van der Waals surface area contributed by atoms with Crippen molar-refractivity contribution < 1.29 is 24.2 Å². The fourth-order valence-electron chi connectivity index (χ4n) is 4.75. The molecule has 1 N–H and O–H groups in total. The molecule has 1 fully saturated rings. The van der Waals surface area contributed by atoms with Gasteiger partial charge in [-0.15, -0.1) is 0 Å². The van der Waals surface area contributed by atoms with Crippen molar-refractivity contribution in [3.63, 3.8) is 0 Å². The van der Waals surface area contributed by atoms with Crippen molar-refractivity contribution in [2.45, 2.75) is 52.7 Å². The Kier molecular flexibility index (Phi) is 8.85. The first-order chi connectivity index (χ1) is 18.4. The van der Waals surface area contributed by atoms with E-state index in [1.54, 1.807) is 23.1 Å². The lowest BCUT2D eigenvalue weighted by Gasteiger charge is -2.25. The zero-order chi connectivity index (χ0) is 27.1. The molecule has 1 atom stereocenters. The van der Waals surface area contributed by atoms with Crippen LogP contribution in [0.25, 0.3) is 5.76 Å². The van der Waals surface area contributed by atoms with Crippen LogP contribution in [0.1, 0.15) is 61.4 Å². The highest BCUT2D eigenvalue weighted by Crippen LogP contribution is 2.40. The minimum absolute atomic E-state index is 0.105. The lowest BCUT2D eigenvalue weighted by atomic mass is 9.94. The number of aryl methyl sites for hydroxylation is 1. The van der Waals surface area contributed by atoms with Gasteiger partial charge in [0, 0.05) is 12.1 Å². The minimum atomic E-state index is -0.670. The number of amides is 1. The summed E-state index contributed by atoms with van der Waals surface area (Å²) in [5, 5.41) is 11.4. The molecule has 1 unspecified atom stereocenters. The summed E-state index contributed by atoms with van der Waals surface area (Å²) in [6, 6.07) is 21.9. The van der Waals surface area contributed by atoms with Gasteiger partial charge in [0.25, 0.3) is 11.7 Å². The van der Waals surface area contributed by atoms with Crippen LogP contribution in [0.15, 0.2) is 78.4 Å². The number of likely N-dealkylation sites (tertiary alicyclic amines) is 1. The van der Waals surface area contributed by atoms with E-state index in [0.717, 1.165) is 36.0 Å². The molecule has 198 valence electrons. The van der Waals surface area contributed by atoms with E-state index in [-0.39, 0.29) is 11.3 Å². The molecule has 0 aliphatic carbocycles. The van der Waals surface area contributed by atoms with Gasteiger partial charge in [0.05, 0.1) is 18.2 Å². The van der Waals surface area contributed by atoms with E-state index in [1.807, 2.05) is 68.4 Å². The molecule has 6 nitrogen and oxygen atoms in total. The number of rotatable bonds is 11. The van der Waals surface area contributed by atoms with Crippen molar-refractivity contribution in [3.8, 4) is 11.5 Å². The molecular weight excluding hydrogens is 478 g/mol. The van der Waals surface area contributed by atoms with E-state index >= 15 is 0 Å². The summed E-state index contributed by atoms with van der Waals surface area (Å²) in [5.41, 5.74) is 3.20. The monoisotopic (exact) mass is 513 g/mol. The Morgan fingerprint density at radius 2 is 1.66 bits per heavy atom. The molecule has 1 amide bonds. The number of carbonyl (C=O) groups excluding carboxylic acids is 2. The van der Waals surface area contributed by atoms with Gasteiger partial charge >= 0.3 is 0 Å². The number of benzene rings is 3. The van der Waals surface area contributed by atoms with Crippen LogP contribution in [0.5, 0.6) is 11.5 Å². The minimum Gasteiger partial charge on any atom is -0.507 e. The van der Waals surface area contributed by atoms with Crippen LogP contribution in [0, 0.1) is 6.92 Å². The molecule has 3 aromatic rings. The Bertz CT molecular complexity index is 1300. The smallest absolute Gasteiger partial charge is 0.295 e. The Morgan fingerprint density at radius 1 is 0.921 bits per heavy atom. The van der Waals surface area contributed by atoms with Gasteiger partial charge in [-0.2, -0.15) is 0 Å². The normalized spacial score (nSPS) is 16.6. The van der Waals surface area contributed by atoms with Crippen LogP contribution < -0.4 is 9.47 Å². The van der Waals surface area contributed by atoms with Crippen LogP contribution in [-0.2, 0) is 16.2 Å². The molecule has 6 heteroatoms. The average Bonchev–Trinajstić information content (AvgIpc) is 3.18. The summed E-state index contributed by atoms with van der Waals surface area (Å²) in [6.07, 6.45) is 2.72. The third-order valence-corrected chi connectivity index (χ3v) is 6.73. The highest BCUT2D eigenvalue weighted by atomic mass is 16.5. The maximum absolute atomic E-state index is 13.3. The zero-order valence-corrected chi connectivity index (χ0v) is 22.3. The Hall–Kier alpha value is -4.06. The third-order valence-electron chi connectivity index (χ3n) is 6.73. The van der Waals surface area contributed by atoms with Crippen molar-refractivity contribution in [1.82, 2.24) is 4.90 Å². The molecule has 0 saturated carbocycles. The lowest BCUT2D eigenvalue weighted by molar-refractivity contribution is -0.139. The molecule has 0 spiro atoms. The van der Waals surface area contributed by atoms with Crippen LogP contribution in [0.3, 0.4) is 0 Å². The molecule has 3 aromatic carbocycles. The van der Waals surface area contributed by atoms with Crippen molar-refractivity contribution in [1.29, 1.82) is 0 Å². The topological polar surface area (TPSA) is 76.1 Å². The van der Waals surface area contributed by atoms with Crippen LogP contribution in [0.4, 0.5) is 0 Å².